The second-order valence-corrected chi connectivity index (χ2v) is 8.46. The van der Waals surface area contributed by atoms with Gasteiger partial charge in [-0.2, -0.15) is 0 Å². The number of aryl methyl sites for hydroxylation is 1. The number of thiazole rings is 1. The molecule has 1 N–H and O–H groups in total. The van der Waals surface area contributed by atoms with Crippen LogP contribution in [0, 0.1) is 0 Å². The smallest absolute Gasteiger partial charge is 0.156 e. The van der Waals surface area contributed by atoms with Crippen molar-refractivity contribution in [1.29, 1.82) is 0 Å². The monoisotopic (exact) mass is 288 g/mol. The van der Waals surface area contributed by atoms with E-state index in [2.05, 4.69) is 10.3 Å². The third kappa shape index (κ3) is 2.75. The lowest BCUT2D eigenvalue weighted by molar-refractivity contribution is 0.521. The number of fused-ring (bicyclic) bond motifs is 1. The minimum Gasteiger partial charge on any atom is -0.319 e. The highest BCUT2D eigenvalue weighted by Gasteiger charge is 2.28. The van der Waals surface area contributed by atoms with Gasteiger partial charge in [0.15, 0.2) is 9.84 Å². The number of likely N-dealkylation sites (N-methyl/N-ethyl adjacent to an activating group) is 1. The average Bonchev–Trinajstić information content (AvgIpc) is 2.71. The zero-order valence-electron chi connectivity index (χ0n) is 11.1. The van der Waals surface area contributed by atoms with Crippen LogP contribution in [0.3, 0.4) is 0 Å². The molecule has 0 saturated carbocycles. The summed E-state index contributed by atoms with van der Waals surface area (Å²) in [6.45, 7) is 2.65. The third-order valence-corrected chi connectivity index (χ3v) is 6.50. The Morgan fingerprint density at radius 1 is 1.56 bits per heavy atom. The number of sulfone groups is 1. The van der Waals surface area contributed by atoms with Gasteiger partial charge in [0.05, 0.1) is 5.69 Å². The molecule has 0 bridgehead atoms. The molecule has 1 aromatic rings. The highest BCUT2D eigenvalue weighted by atomic mass is 32.2. The lowest BCUT2D eigenvalue weighted by atomic mass is 9.91. The first-order valence-electron chi connectivity index (χ1n) is 6.26. The topological polar surface area (TPSA) is 59.1 Å². The van der Waals surface area contributed by atoms with Crippen LogP contribution in [0.15, 0.2) is 0 Å². The maximum Gasteiger partial charge on any atom is 0.156 e. The maximum absolute atomic E-state index is 11.6. The number of aromatic nitrogens is 1. The summed E-state index contributed by atoms with van der Waals surface area (Å²) in [6.07, 6.45) is 4.64. The zero-order chi connectivity index (χ0) is 13.3. The van der Waals surface area contributed by atoms with Gasteiger partial charge in [0.2, 0.25) is 0 Å². The quantitative estimate of drug-likeness (QED) is 0.919. The van der Waals surface area contributed by atoms with Gasteiger partial charge in [-0.3, -0.25) is 0 Å². The van der Waals surface area contributed by atoms with E-state index in [9.17, 15) is 8.42 Å². The molecule has 1 aliphatic carbocycles. The van der Waals surface area contributed by atoms with Crippen molar-refractivity contribution in [3.05, 3.63) is 15.6 Å². The van der Waals surface area contributed by atoms with Gasteiger partial charge in [-0.05, 0) is 33.2 Å². The Balaban J connectivity index is 2.32. The van der Waals surface area contributed by atoms with Gasteiger partial charge in [0.1, 0.15) is 10.3 Å². The van der Waals surface area contributed by atoms with E-state index in [4.69, 9.17) is 0 Å². The van der Waals surface area contributed by atoms with Gasteiger partial charge < -0.3 is 5.32 Å². The molecule has 0 amide bonds. The Labute approximate surface area is 113 Å². The summed E-state index contributed by atoms with van der Waals surface area (Å²) < 4.78 is 23.2. The van der Waals surface area contributed by atoms with E-state index in [1.807, 2.05) is 7.05 Å². The molecule has 2 rings (SSSR count). The van der Waals surface area contributed by atoms with Crippen molar-refractivity contribution >= 4 is 21.2 Å². The summed E-state index contributed by atoms with van der Waals surface area (Å²) in [5.41, 5.74) is 1.13. The van der Waals surface area contributed by atoms with Gasteiger partial charge in [-0.15, -0.1) is 11.3 Å². The van der Waals surface area contributed by atoms with Crippen LogP contribution in [0.4, 0.5) is 0 Å². The zero-order valence-corrected chi connectivity index (χ0v) is 12.7. The standard InChI is InChI=1S/C12H20N2O2S2/c1-8(18(3,15)16)12-14-11-9(7-13-2)5-4-6-10(11)17-12/h8-9,13H,4-7H2,1-3H3. The molecule has 0 saturated heterocycles. The van der Waals surface area contributed by atoms with Crippen LogP contribution >= 0.6 is 11.3 Å². The second kappa shape index (κ2) is 5.27. The molecule has 1 heterocycles. The fraction of sp³-hybridized carbons (Fsp3) is 0.750. The van der Waals surface area contributed by atoms with Crippen LogP contribution in [-0.2, 0) is 16.3 Å². The first kappa shape index (κ1) is 14.0. The summed E-state index contributed by atoms with van der Waals surface area (Å²) in [7, 11) is -1.11. The van der Waals surface area contributed by atoms with Crippen molar-refractivity contribution < 1.29 is 8.42 Å². The van der Waals surface area contributed by atoms with Crippen LogP contribution in [0.25, 0.3) is 0 Å². The van der Waals surface area contributed by atoms with Crippen LogP contribution < -0.4 is 5.32 Å². The molecule has 0 radical (unpaired) electrons. The molecule has 6 heteroatoms. The molecule has 1 aromatic heterocycles. The van der Waals surface area contributed by atoms with Crippen molar-refractivity contribution in [3.63, 3.8) is 0 Å². The van der Waals surface area contributed by atoms with E-state index in [1.165, 1.54) is 17.6 Å². The van der Waals surface area contributed by atoms with Gasteiger partial charge in [-0.1, -0.05) is 0 Å². The molecule has 0 aromatic carbocycles. The number of hydrogen-bond donors (Lipinski definition) is 1. The maximum atomic E-state index is 11.6. The fourth-order valence-corrected chi connectivity index (χ4v) is 4.54. The van der Waals surface area contributed by atoms with Gasteiger partial charge in [-0.25, -0.2) is 13.4 Å². The van der Waals surface area contributed by atoms with E-state index in [-0.39, 0.29) is 0 Å². The number of rotatable bonds is 4. The van der Waals surface area contributed by atoms with Gasteiger partial charge in [0, 0.05) is 23.6 Å². The van der Waals surface area contributed by atoms with E-state index in [1.54, 1.807) is 18.3 Å². The second-order valence-electron chi connectivity index (χ2n) is 4.98. The molecule has 18 heavy (non-hydrogen) atoms. The Kier molecular flexibility index (Phi) is 4.08. The molecule has 4 nitrogen and oxygen atoms in total. The van der Waals surface area contributed by atoms with Crippen molar-refractivity contribution in [1.82, 2.24) is 10.3 Å². The number of nitrogens with one attached hydrogen (secondary N) is 1. The molecule has 2 unspecified atom stereocenters. The lowest BCUT2D eigenvalue weighted by Crippen LogP contribution is -2.21. The van der Waals surface area contributed by atoms with Crippen LogP contribution in [0.2, 0.25) is 0 Å². The SMILES string of the molecule is CNCC1CCCc2sc(C(C)S(C)(=O)=O)nc21. The Morgan fingerprint density at radius 2 is 2.28 bits per heavy atom. The summed E-state index contributed by atoms with van der Waals surface area (Å²) in [5, 5.41) is 3.47. The van der Waals surface area contributed by atoms with E-state index < -0.39 is 15.1 Å². The number of nitrogens with zero attached hydrogens (tertiary/aromatic N) is 1. The lowest BCUT2D eigenvalue weighted by Gasteiger charge is -2.20. The normalized spacial score (nSPS) is 21.6. The molecular weight excluding hydrogens is 268 g/mol. The van der Waals surface area contributed by atoms with Gasteiger partial charge >= 0.3 is 0 Å². The summed E-state index contributed by atoms with van der Waals surface area (Å²) in [6, 6.07) is 0. The predicted octanol–water partition coefficient (Wildman–Crippen LogP) is 1.89. The molecular formula is C12H20N2O2S2. The Morgan fingerprint density at radius 3 is 2.89 bits per heavy atom. The third-order valence-electron chi connectivity index (χ3n) is 3.53. The summed E-state index contributed by atoms with van der Waals surface area (Å²) in [5.74, 6) is 0.440. The average molecular weight is 288 g/mol. The highest BCUT2D eigenvalue weighted by Crippen LogP contribution is 2.37. The van der Waals surface area contributed by atoms with Crippen molar-refractivity contribution in [3.8, 4) is 0 Å². The minimum absolute atomic E-state index is 0.440. The van der Waals surface area contributed by atoms with E-state index in [0.29, 0.717) is 5.92 Å². The first-order chi connectivity index (χ1) is 8.43. The van der Waals surface area contributed by atoms with Crippen molar-refractivity contribution in [2.75, 3.05) is 19.8 Å². The Hall–Kier alpha value is -0.460. The predicted molar refractivity (Wildman–Crippen MR) is 75.0 cm³/mol. The van der Waals surface area contributed by atoms with Crippen LogP contribution in [-0.4, -0.2) is 33.2 Å². The molecule has 0 aliphatic heterocycles. The Bertz CT molecular complexity index is 522. The van der Waals surface area contributed by atoms with E-state index >= 15 is 0 Å². The van der Waals surface area contributed by atoms with Crippen molar-refractivity contribution in [2.45, 2.75) is 37.4 Å². The first-order valence-corrected chi connectivity index (χ1v) is 9.03. The van der Waals surface area contributed by atoms with E-state index in [0.717, 1.165) is 30.1 Å². The summed E-state index contributed by atoms with van der Waals surface area (Å²) >= 11 is 1.58. The largest absolute Gasteiger partial charge is 0.319 e. The van der Waals surface area contributed by atoms with Crippen LogP contribution in [0.5, 0.6) is 0 Å². The minimum atomic E-state index is -3.05. The highest BCUT2D eigenvalue weighted by molar-refractivity contribution is 7.91. The molecule has 2 atom stereocenters. The van der Waals surface area contributed by atoms with Crippen molar-refractivity contribution in [2.24, 2.45) is 0 Å². The fourth-order valence-electron chi connectivity index (χ4n) is 2.33. The molecule has 0 spiro atoms. The molecule has 0 fully saturated rings. The van der Waals surface area contributed by atoms with Gasteiger partial charge in [0.25, 0.3) is 0 Å². The number of hydrogen-bond acceptors (Lipinski definition) is 5. The summed E-state index contributed by atoms with van der Waals surface area (Å²) in [4.78, 5) is 5.90. The molecule has 1 aliphatic rings. The molecule has 102 valence electrons. The van der Waals surface area contributed by atoms with Crippen LogP contribution in [0.1, 0.15) is 46.5 Å².